The molecule has 1 saturated heterocycles. The molecule has 1 aliphatic heterocycles. The van der Waals surface area contributed by atoms with Gasteiger partial charge in [-0.2, -0.15) is 0 Å². The topological polar surface area (TPSA) is 49.3 Å². The fourth-order valence-corrected chi connectivity index (χ4v) is 1.40. The van der Waals surface area contributed by atoms with E-state index in [9.17, 15) is 9.90 Å². The molecule has 0 aromatic carbocycles. The number of carbonyl (C=O) groups excluding carboxylic acids is 1. The zero-order valence-electron chi connectivity index (χ0n) is 6.56. The van der Waals surface area contributed by atoms with Gasteiger partial charge >= 0.3 is 0 Å². The normalized spacial score (nSPS) is 37.8. The molecule has 10 heavy (non-hydrogen) atoms. The molecule has 3 nitrogen and oxygen atoms in total. The van der Waals surface area contributed by atoms with Gasteiger partial charge in [-0.3, -0.25) is 4.79 Å². The fourth-order valence-electron chi connectivity index (χ4n) is 1.40. The van der Waals surface area contributed by atoms with E-state index in [-0.39, 0.29) is 5.91 Å². The highest BCUT2D eigenvalue weighted by atomic mass is 16.3. The smallest absolute Gasteiger partial charge is 0.228 e. The lowest BCUT2D eigenvalue weighted by molar-refractivity contribution is -0.127. The van der Waals surface area contributed by atoms with E-state index < -0.39 is 11.1 Å². The summed E-state index contributed by atoms with van der Waals surface area (Å²) in [4.78, 5) is 11.0. The predicted octanol–water partition coefficient (Wildman–Crippen LogP) is 0.241. The monoisotopic (exact) mass is 143 g/mol. The van der Waals surface area contributed by atoms with Gasteiger partial charge in [0.05, 0.1) is 0 Å². The average Bonchev–Trinajstić information content (AvgIpc) is 1.73. The number of amides is 1. The van der Waals surface area contributed by atoms with E-state index in [2.05, 4.69) is 5.32 Å². The van der Waals surface area contributed by atoms with Crippen LogP contribution in [0, 0.1) is 5.41 Å². The third-order valence-corrected chi connectivity index (χ3v) is 1.78. The Morgan fingerprint density at radius 3 is 2.10 bits per heavy atom. The molecule has 0 aromatic heterocycles. The largest absolute Gasteiger partial charge is 0.371 e. The third-order valence-electron chi connectivity index (χ3n) is 1.78. The molecule has 1 rings (SSSR count). The second-order valence-electron chi connectivity index (χ2n) is 3.79. The van der Waals surface area contributed by atoms with Gasteiger partial charge in [0.1, 0.15) is 5.72 Å². The first-order valence-electron chi connectivity index (χ1n) is 3.38. The summed E-state index contributed by atoms with van der Waals surface area (Å²) >= 11 is 0. The molecule has 0 bridgehead atoms. The van der Waals surface area contributed by atoms with Crippen molar-refractivity contribution in [3.63, 3.8) is 0 Å². The van der Waals surface area contributed by atoms with Crippen molar-refractivity contribution in [2.24, 2.45) is 5.41 Å². The molecule has 3 heteroatoms. The number of hydrogen-bond acceptors (Lipinski definition) is 2. The average molecular weight is 143 g/mol. The minimum atomic E-state index is -0.999. The quantitative estimate of drug-likeness (QED) is 0.510. The van der Waals surface area contributed by atoms with Gasteiger partial charge < -0.3 is 10.4 Å². The first-order valence-corrected chi connectivity index (χ1v) is 3.38. The van der Waals surface area contributed by atoms with Crippen LogP contribution in [0.25, 0.3) is 0 Å². The molecule has 1 amide bonds. The fraction of sp³-hybridized carbons (Fsp3) is 0.857. The Bertz CT molecular complexity index is 172. The van der Waals surface area contributed by atoms with Crippen LogP contribution in [0.1, 0.15) is 27.2 Å². The van der Waals surface area contributed by atoms with Crippen molar-refractivity contribution in [1.29, 1.82) is 0 Å². The number of rotatable bonds is 0. The van der Waals surface area contributed by atoms with E-state index in [0.717, 1.165) is 0 Å². The molecule has 1 fully saturated rings. The predicted molar refractivity (Wildman–Crippen MR) is 37.2 cm³/mol. The van der Waals surface area contributed by atoms with E-state index in [1.165, 1.54) is 0 Å². The van der Waals surface area contributed by atoms with Crippen molar-refractivity contribution >= 4 is 5.91 Å². The second kappa shape index (κ2) is 1.72. The van der Waals surface area contributed by atoms with Gasteiger partial charge in [-0.1, -0.05) is 13.8 Å². The van der Waals surface area contributed by atoms with Crippen LogP contribution in [-0.4, -0.2) is 16.7 Å². The van der Waals surface area contributed by atoms with E-state index in [4.69, 9.17) is 0 Å². The number of hydrogen-bond donors (Lipinski definition) is 2. The Kier molecular flexibility index (Phi) is 1.30. The molecule has 0 saturated carbocycles. The summed E-state index contributed by atoms with van der Waals surface area (Å²) in [5, 5.41) is 11.9. The van der Waals surface area contributed by atoms with Gasteiger partial charge in [-0.15, -0.1) is 0 Å². The standard InChI is InChI=1S/C7H13NO2/c1-6(2)4-7(3,10)8-5(6)9/h10H,4H2,1-3H3,(H,8,9)/t7-/m0/s1. The summed E-state index contributed by atoms with van der Waals surface area (Å²) in [5.41, 5.74) is -1.41. The van der Waals surface area contributed by atoms with Crippen molar-refractivity contribution in [3.05, 3.63) is 0 Å². The molecular formula is C7H13NO2. The first-order chi connectivity index (χ1) is 4.33. The SMILES string of the molecule is CC1(C)C[C@](C)(O)NC1=O. The van der Waals surface area contributed by atoms with Crippen LogP contribution >= 0.6 is 0 Å². The molecule has 0 unspecified atom stereocenters. The maximum Gasteiger partial charge on any atom is 0.228 e. The minimum absolute atomic E-state index is 0.0718. The van der Waals surface area contributed by atoms with Crippen molar-refractivity contribution < 1.29 is 9.90 Å². The van der Waals surface area contributed by atoms with Crippen molar-refractivity contribution in [1.82, 2.24) is 5.32 Å². The zero-order chi connectivity index (χ0) is 7.99. The van der Waals surface area contributed by atoms with Crippen LogP contribution in [0.5, 0.6) is 0 Å². The van der Waals surface area contributed by atoms with Crippen LogP contribution in [0.15, 0.2) is 0 Å². The molecule has 2 N–H and O–H groups in total. The third kappa shape index (κ3) is 1.14. The van der Waals surface area contributed by atoms with E-state index in [1.54, 1.807) is 6.92 Å². The van der Waals surface area contributed by atoms with Crippen LogP contribution < -0.4 is 5.32 Å². The van der Waals surface area contributed by atoms with E-state index >= 15 is 0 Å². The summed E-state index contributed by atoms with van der Waals surface area (Å²) in [5.74, 6) is -0.0718. The summed E-state index contributed by atoms with van der Waals surface area (Å²) in [6.07, 6.45) is 0.485. The molecule has 1 heterocycles. The van der Waals surface area contributed by atoms with Crippen molar-refractivity contribution in [2.45, 2.75) is 32.9 Å². The van der Waals surface area contributed by atoms with Gasteiger partial charge in [-0.25, -0.2) is 0 Å². The lowest BCUT2D eigenvalue weighted by Crippen LogP contribution is -2.37. The van der Waals surface area contributed by atoms with Gasteiger partial charge in [-0.05, 0) is 6.92 Å². The molecule has 0 spiro atoms. The first kappa shape index (κ1) is 7.54. The maximum absolute atomic E-state index is 11.0. The number of nitrogens with one attached hydrogen (secondary N) is 1. The van der Waals surface area contributed by atoms with Crippen LogP contribution in [0.3, 0.4) is 0 Å². The lowest BCUT2D eigenvalue weighted by Gasteiger charge is -2.16. The second-order valence-corrected chi connectivity index (χ2v) is 3.79. The lowest BCUT2D eigenvalue weighted by atomic mass is 9.89. The molecule has 0 aromatic rings. The van der Waals surface area contributed by atoms with E-state index in [0.29, 0.717) is 6.42 Å². The Labute approximate surface area is 60.4 Å². The molecular weight excluding hydrogens is 130 g/mol. The molecule has 1 aliphatic rings. The molecule has 1 atom stereocenters. The highest BCUT2D eigenvalue weighted by Crippen LogP contribution is 2.32. The van der Waals surface area contributed by atoms with Gasteiger partial charge in [0.25, 0.3) is 0 Å². The van der Waals surface area contributed by atoms with E-state index in [1.807, 2.05) is 13.8 Å². The zero-order valence-corrected chi connectivity index (χ0v) is 6.56. The number of aliphatic hydroxyl groups is 1. The van der Waals surface area contributed by atoms with Crippen molar-refractivity contribution in [2.75, 3.05) is 0 Å². The summed E-state index contributed by atoms with van der Waals surface area (Å²) < 4.78 is 0. The van der Waals surface area contributed by atoms with Gasteiger partial charge in [0, 0.05) is 11.8 Å². The highest BCUT2D eigenvalue weighted by molar-refractivity contribution is 5.84. The number of carbonyl (C=O) groups is 1. The summed E-state index contributed by atoms with van der Waals surface area (Å²) in [6.45, 7) is 5.26. The molecule has 58 valence electrons. The Morgan fingerprint density at radius 1 is 1.50 bits per heavy atom. The van der Waals surface area contributed by atoms with Crippen LogP contribution in [0.4, 0.5) is 0 Å². The summed E-state index contributed by atoms with van der Waals surface area (Å²) in [7, 11) is 0. The van der Waals surface area contributed by atoms with Crippen LogP contribution in [-0.2, 0) is 4.79 Å². The Morgan fingerprint density at radius 2 is 2.00 bits per heavy atom. The highest BCUT2D eigenvalue weighted by Gasteiger charge is 2.44. The van der Waals surface area contributed by atoms with Gasteiger partial charge in [0.15, 0.2) is 0 Å². The van der Waals surface area contributed by atoms with Crippen molar-refractivity contribution in [3.8, 4) is 0 Å². The Balaban J connectivity index is 2.81. The van der Waals surface area contributed by atoms with Crippen LogP contribution in [0.2, 0.25) is 0 Å². The summed E-state index contributed by atoms with van der Waals surface area (Å²) in [6, 6.07) is 0. The minimum Gasteiger partial charge on any atom is -0.371 e. The maximum atomic E-state index is 11.0. The molecule has 0 aliphatic carbocycles. The van der Waals surface area contributed by atoms with Gasteiger partial charge in [0.2, 0.25) is 5.91 Å². The molecule has 0 radical (unpaired) electrons. The Hall–Kier alpha value is -0.570.